The molecule has 0 bridgehead atoms. The largest absolute Gasteiger partial charge is 0.469 e. The van der Waals surface area contributed by atoms with Crippen molar-refractivity contribution >= 4 is 13.8 Å². The summed E-state index contributed by atoms with van der Waals surface area (Å²) in [5.41, 5.74) is -2.00. The van der Waals surface area contributed by atoms with Crippen LogP contribution in [0.4, 0.5) is 0 Å². The summed E-state index contributed by atoms with van der Waals surface area (Å²) in [5, 5.41) is 39.2. The van der Waals surface area contributed by atoms with Crippen molar-refractivity contribution in [3.05, 3.63) is 60.8 Å². The number of esters is 1. The quantitative estimate of drug-likeness (QED) is 0.110. The summed E-state index contributed by atoms with van der Waals surface area (Å²) in [6, 6.07) is 0. The second kappa shape index (κ2) is 12.1. The van der Waals surface area contributed by atoms with Gasteiger partial charge in [0.05, 0.1) is 12.7 Å². The first-order valence-corrected chi connectivity index (χ1v) is 10.5. The van der Waals surface area contributed by atoms with Gasteiger partial charge in [-0.3, -0.25) is 4.52 Å². The Morgan fingerprint density at radius 2 is 1.97 bits per heavy atom. The van der Waals surface area contributed by atoms with Crippen molar-refractivity contribution in [3.63, 3.8) is 0 Å². The smallest absolute Gasteiger partial charge is 0.452 e. The number of phosphoric ester groups is 1. The number of phosphoric acid groups is 1. The van der Waals surface area contributed by atoms with Crippen LogP contribution in [0.25, 0.3) is 0 Å². The highest BCUT2D eigenvalue weighted by molar-refractivity contribution is 7.46. The monoisotopic (exact) mass is 446 g/mol. The zero-order valence-electron chi connectivity index (χ0n) is 16.3. The van der Waals surface area contributed by atoms with Crippen LogP contribution in [-0.4, -0.2) is 72.8 Å². The van der Waals surface area contributed by atoms with Crippen molar-refractivity contribution in [1.82, 2.24) is 0 Å². The van der Waals surface area contributed by atoms with Gasteiger partial charge in [-0.1, -0.05) is 42.5 Å². The lowest BCUT2D eigenvalue weighted by atomic mass is 9.92. The number of aliphatic hydroxyl groups is 4. The summed E-state index contributed by atoms with van der Waals surface area (Å²) in [6.07, 6.45) is 8.07. The molecule has 0 aromatic carbocycles. The maximum absolute atomic E-state index is 11.3. The van der Waals surface area contributed by atoms with E-state index in [1.54, 1.807) is 18.2 Å². The molecule has 0 aromatic rings. The Labute approximate surface area is 174 Å². The van der Waals surface area contributed by atoms with Crippen LogP contribution < -0.4 is 0 Å². The van der Waals surface area contributed by atoms with Crippen LogP contribution in [0.3, 0.4) is 0 Å². The van der Waals surface area contributed by atoms with E-state index in [-0.39, 0.29) is 13.0 Å². The molecule has 30 heavy (non-hydrogen) atoms. The molecule has 0 fully saturated rings. The van der Waals surface area contributed by atoms with Crippen molar-refractivity contribution < 1.29 is 48.8 Å². The summed E-state index contributed by atoms with van der Waals surface area (Å²) >= 11 is 0. The second-order valence-electron chi connectivity index (χ2n) is 6.60. The molecule has 1 aliphatic rings. The van der Waals surface area contributed by atoms with Crippen LogP contribution in [0.1, 0.15) is 13.3 Å². The molecule has 1 aliphatic heterocycles. The van der Waals surface area contributed by atoms with E-state index < -0.39 is 43.8 Å². The molecule has 0 radical (unpaired) electrons. The van der Waals surface area contributed by atoms with Crippen molar-refractivity contribution in [3.8, 4) is 0 Å². The molecule has 1 heterocycles. The molecule has 0 saturated heterocycles. The molecular weight excluding hydrogens is 419 g/mol. The maximum Gasteiger partial charge on any atom is 0.469 e. The fourth-order valence-corrected chi connectivity index (χ4v) is 3.02. The van der Waals surface area contributed by atoms with Crippen LogP contribution in [0, 0.1) is 0 Å². The number of carbonyl (C=O) groups is 1. The van der Waals surface area contributed by atoms with E-state index in [4.69, 9.17) is 19.6 Å². The van der Waals surface area contributed by atoms with Gasteiger partial charge in [-0.15, -0.1) is 0 Å². The summed E-state index contributed by atoms with van der Waals surface area (Å²) in [5.74, 6) is -0.694. The molecule has 0 aliphatic carbocycles. The van der Waals surface area contributed by atoms with E-state index in [0.29, 0.717) is 0 Å². The third-order valence-corrected chi connectivity index (χ3v) is 4.45. The molecule has 5 atom stereocenters. The first-order valence-electron chi connectivity index (χ1n) is 8.96. The van der Waals surface area contributed by atoms with Crippen molar-refractivity contribution in [2.24, 2.45) is 0 Å². The summed E-state index contributed by atoms with van der Waals surface area (Å²) in [7, 11) is -5.02. The van der Waals surface area contributed by atoms with E-state index in [9.17, 15) is 24.7 Å². The topological polar surface area (TPSA) is 174 Å². The molecule has 0 spiro atoms. The zero-order chi connectivity index (χ0) is 22.8. The van der Waals surface area contributed by atoms with Gasteiger partial charge in [-0.25, -0.2) is 9.36 Å². The lowest BCUT2D eigenvalue weighted by molar-refractivity contribution is -0.146. The van der Waals surface area contributed by atoms with Crippen LogP contribution in [-0.2, 0) is 18.6 Å². The van der Waals surface area contributed by atoms with Gasteiger partial charge in [0.2, 0.25) is 0 Å². The highest BCUT2D eigenvalue weighted by Crippen LogP contribution is 2.41. The predicted octanol–water partition coefficient (Wildman–Crippen LogP) is 0.0259. The van der Waals surface area contributed by atoms with Gasteiger partial charge >= 0.3 is 13.8 Å². The molecule has 0 amide bonds. The Hall–Kier alpha value is -1.88. The van der Waals surface area contributed by atoms with Gasteiger partial charge in [-0.2, -0.15) is 0 Å². The number of carbonyl (C=O) groups excluding carboxylic acids is 1. The van der Waals surface area contributed by atoms with E-state index in [0.717, 1.165) is 12.2 Å². The van der Waals surface area contributed by atoms with Crippen LogP contribution in [0.2, 0.25) is 0 Å². The first kappa shape index (κ1) is 26.2. The van der Waals surface area contributed by atoms with Gasteiger partial charge in [0.25, 0.3) is 0 Å². The minimum absolute atomic E-state index is 0.117. The Kier molecular flexibility index (Phi) is 10.5. The van der Waals surface area contributed by atoms with Crippen LogP contribution >= 0.6 is 7.82 Å². The highest BCUT2D eigenvalue weighted by Gasteiger charge is 2.37. The van der Waals surface area contributed by atoms with E-state index >= 15 is 0 Å². The fourth-order valence-electron chi connectivity index (χ4n) is 2.39. The molecule has 5 unspecified atom stereocenters. The summed E-state index contributed by atoms with van der Waals surface area (Å²) < 4.78 is 20.9. The lowest BCUT2D eigenvalue weighted by Gasteiger charge is -2.32. The van der Waals surface area contributed by atoms with Crippen LogP contribution in [0.15, 0.2) is 60.8 Å². The van der Waals surface area contributed by atoms with Gasteiger partial charge in [-0.05, 0) is 19.1 Å². The SMILES string of the molecule is CC(O)(C=CC1OC(=O)C=CC1O)C(CC(O)C=CC=CC=CCO)OP(=O)(O)O. The third-order valence-electron chi connectivity index (χ3n) is 3.92. The molecule has 1 rings (SSSR count). The molecule has 6 N–H and O–H groups in total. The van der Waals surface area contributed by atoms with E-state index in [1.807, 2.05) is 0 Å². The minimum atomic E-state index is -5.02. The average molecular weight is 446 g/mol. The van der Waals surface area contributed by atoms with Crippen LogP contribution in [0.5, 0.6) is 0 Å². The lowest BCUT2D eigenvalue weighted by Crippen LogP contribution is -2.41. The molecule has 0 saturated carbocycles. The number of cyclic esters (lactones) is 1. The summed E-state index contributed by atoms with van der Waals surface area (Å²) in [4.78, 5) is 29.6. The fraction of sp³-hybridized carbons (Fsp3) is 0.421. The number of hydrogen-bond donors (Lipinski definition) is 6. The summed E-state index contributed by atoms with van der Waals surface area (Å²) in [6.45, 7) is 1.07. The van der Waals surface area contributed by atoms with Gasteiger partial charge in [0, 0.05) is 12.5 Å². The van der Waals surface area contributed by atoms with E-state index in [1.165, 1.54) is 37.3 Å². The van der Waals surface area contributed by atoms with Crippen molar-refractivity contribution in [2.45, 2.75) is 43.4 Å². The second-order valence-corrected chi connectivity index (χ2v) is 7.80. The van der Waals surface area contributed by atoms with E-state index in [2.05, 4.69) is 4.52 Å². The minimum Gasteiger partial charge on any atom is -0.452 e. The standard InChI is InChI=1S/C19H27O10P/c1-19(24,11-10-16-15(22)8-9-18(23)28-16)17(29-30(25,26)27)13-14(21)7-5-3-2-4-6-12-20/h2-11,14-17,20-22,24H,12-13H2,1H3,(H2,25,26,27). The van der Waals surface area contributed by atoms with Gasteiger partial charge in [0.15, 0.2) is 0 Å². The maximum atomic E-state index is 11.3. The predicted molar refractivity (Wildman–Crippen MR) is 107 cm³/mol. The third kappa shape index (κ3) is 10.2. The molecule has 10 nitrogen and oxygen atoms in total. The average Bonchev–Trinajstić information content (AvgIpc) is 2.63. The number of rotatable bonds is 11. The molecule has 11 heteroatoms. The molecule has 168 valence electrons. The Morgan fingerprint density at radius 3 is 2.60 bits per heavy atom. The Bertz CT molecular complexity index is 746. The van der Waals surface area contributed by atoms with Gasteiger partial charge in [0.1, 0.15) is 23.9 Å². The number of aliphatic hydroxyl groups excluding tert-OH is 3. The highest BCUT2D eigenvalue weighted by atomic mass is 31.2. The van der Waals surface area contributed by atoms with Gasteiger partial charge < -0.3 is 34.9 Å². The first-order chi connectivity index (χ1) is 13.9. The number of hydrogen-bond acceptors (Lipinski definition) is 8. The van der Waals surface area contributed by atoms with Crippen molar-refractivity contribution in [2.75, 3.05) is 6.61 Å². The number of allylic oxidation sites excluding steroid dienone is 4. The molecule has 0 aromatic heterocycles. The zero-order valence-corrected chi connectivity index (χ0v) is 17.2. The van der Waals surface area contributed by atoms with Crippen molar-refractivity contribution in [1.29, 1.82) is 0 Å². The molecular formula is C19H27O10P. The Morgan fingerprint density at radius 1 is 1.30 bits per heavy atom. The normalized spacial score (nSPS) is 24.7. The Balaban J connectivity index is 2.90. The number of ether oxygens (including phenoxy) is 1.